The quantitative estimate of drug-likeness (QED) is 0.809. The van der Waals surface area contributed by atoms with E-state index in [0.29, 0.717) is 16.2 Å². The number of para-hydroxylation sites is 1. The van der Waals surface area contributed by atoms with E-state index >= 15 is 0 Å². The zero-order valence-corrected chi connectivity index (χ0v) is 12.3. The lowest BCUT2D eigenvalue weighted by molar-refractivity contribution is 0.655. The summed E-state index contributed by atoms with van der Waals surface area (Å²) >= 11 is 7.94. The molecule has 0 aliphatic heterocycles. The summed E-state index contributed by atoms with van der Waals surface area (Å²) in [6, 6.07) is 7.94. The fourth-order valence-electron chi connectivity index (χ4n) is 2.42. The van der Waals surface area contributed by atoms with E-state index in [2.05, 4.69) is 21.9 Å². The normalized spacial score (nSPS) is 16.5. The van der Waals surface area contributed by atoms with E-state index in [0.717, 1.165) is 23.4 Å². The van der Waals surface area contributed by atoms with E-state index in [4.69, 9.17) is 16.9 Å². The lowest BCUT2D eigenvalue weighted by atomic mass is 10.2. The van der Waals surface area contributed by atoms with Crippen molar-refractivity contribution in [2.24, 2.45) is 0 Å². The van der Waals surface area contributed by atoms with Gasteiger partial charge in [0, 0.05) is 11.3 Å². The number of hydrogen-bond acceptors (Lipinski definition) is 3. The summed E-state index contributed by atoms with van der Waals surface area (Å²) in [6.45, 7) is 0.932. The summed E-state index contributed by atoms with van der Waals surface area (Å²) in [6.07, 6.45) is 4.65. The van der Waals surface area contributed by atoms with Crippen LogP contribution < -0.4 is 0 Å². The second-order valence-corrected chi connectivity index (χ2v) is 6.46. The van der Waals surface area contributed by atoms with Crippen LogP contribution in [0.5, 0.6) is 0 Å². The predicted octanol–water partition coefficient (Wildman–Crippen LogP) is 3.54. The molecule has 0 bridgehead atoms. The van der Waals surface area contributed by atoms with Crippen LogP contribution in [-0.4, -0.2) is 20.6 Å². The maximum absolute atomic E-state index is 9.16. The number of fused-ring (bicyclic) bond motifs is 1. The van der Waals surface area contributed by atoms with Crippen LogP contribution >= 0.6 is 23.4 Å². The average Bonchev–Trinajstić information content (AvgIpc) is 3.14. The minimum absolute atomic E-state index is 0.344. The molecule has 1 fully saturated rings. The first-order chi connectivity index (χ1) is 9.23. The Hall–Kier alpha value is -1.18. The Morgan fingerprint density at radius 3 is 2.89 bits per heavy atom. The van der Waals surface area contributed by atoms with Gasteiger partial charge in [-0.1, -0.05) is 6.07 Å². The molecule has 3 nitrogen and oxygen atoms in total. The van der Waals surface area contributed by atoms with Gasteiger partial charge in [0.2, 0.25) is 0 Å². The summed E-state index contributed by atoms with van der Waals surface area (Å²) in [7, 11) is 0. The van der Waals surface area contributed by atoms with Crippen LogP contribution in [0.1, 0.15) is 24.2 Å². The average molecular weight is 292 g/mol. The summed E-state index contributed by atoms with van der Waals surface area (Å²) < 4.78 is 2.53. The molecule has 1 heterocycles. The summed E-state index contributed by atoms with van der Waals surface area (Å²) in [4.78, 5) is 4.55. The minimum Gasteiger partial charge on any atom is -0.326 e. The molecular weight excluding hydrogens is 278 g/mol. The molecule has 98 valence electrons. The topological polar surface area (TPSA) is 41.6 Å². The van der Waals surface area contributed by atoms with Crippen molar-refractivity contribution in [2.75, 3.05) is 6.26 Å². The number of imidazole rings is 1. The van der Waals surface area contributed by atoms with E-state index in [1.54, 1.807) is 6.07 Å². The highest BCUT2D eigenvalue weighted by Crippen LogP contribution is 2.49. The van der Waals surface area contributed by atoms with Crippen LogP contribution in [0.2, 0.25) is 0 Å². The van der Waals surface area contributed by atoms with E-state index < -0.39 is 0 Å². The number of halogens is 1. The molecule has 1 aromatic carbocycles. The number of hydrogen-bond donors (Lipinski definition) is 0. The largest absolute Gasteiger partial charge is 0.326 e. The van der Waals surface area contributed by atoms with E-state index in [-0.39, 0.29) is 0 Å². The van der Waals surface area contributed by atoms with Crippen molar-refractivity contribution in [3.8, 4) is 6.07 Å². The molecule has 0 radical (unpaired) electrons. The molecule has 3 rings (SSSR count). The van der Waals surface area contributed by atoms with Crippen LogP contribution in [0.4, 0.5) is 0 Å². The van der Waals surface area contributed by atoms with Gasteiger partial charge in [0.15, 0.2) is 0 Å². The zero-order chi connectivity index (χ0) is 13.5. The number of nitriles is 1. The number of rotatable bonds is 4. The van der Waals surface area contributed by atoms with Crippen molar-refractivity contribution in [2.45, 2.75) is 30.0 Å². The van der Waals surface area contributed by atoms with Gasteiger partial charge in [0.25, 0.3) is 0 Å². The van der Waals surface area contributed by atoms with Gasteiger partial charge in [-0.2, -0.15) is 17.0 Å². The number of thioether (sulfide) groups is 1. The monoisotopic (exact) mass is 291 g/mol. The Labute approximate surface area is 121 Å². The second-order valence-electron chi connectivity index (χ2n) is 4.92. The van der Waals surface area contributed by atoms with Crippen LogP contribution in [-0.2, 0) is 12.4 Å². The minimum atomic E-state index is 0.344. The fourth-order valence-corrected chi connectivity index (χ4v) is 3.39. The van der Waals surface area contributed by atoms with Crippen molar-refractivity contribution in [3.05, 3.63) is 29.6 Å². The molecule has 5 heteroatoms. The van der Waals surface area contributed by atoms with Crippen LogP contribution in [0.25, 0.3) is 11.0 Å². The molecular formula is C14H14ClN3S. The van der Waals surface area contributed by atoms with Gasteiger partial charge in [-0.15, -0.1) is 11.6 Å². The maximum Gasteiger partial charge on any atom is 0.124 e. The molecule has 0 N–H and O–H groups in total. The lowest BCUT2D eigenvalue weighted by Gasteiger charge is -2.15. The molecule has 1 aliphatic rings. The molecule has 1 aromatic heterocycles. The van der Waals surface area contributed by atoms with Gasteiger partial charge < -0.3 is 4.57 Å². The molecule has 19 heavy (non-hydrogen) atoms. The Morgan fingerprint density at radius 2 is 2.32 bits per heavy atom. The highest BCUT2D eigenvalue weighted by Gasteiger charge is 2.42. The molecule has 1 saturated carbocycles. The molecule has 0 spiro atoms. The summed E-state index contributed by atoms with van der Waals surface area (Å²) in [5.41, 5.74) is 2.42. The van der Waals surface area contributed by atoms with Crippen LogP contribution in [0, 0.1) is 11.3 Å². The Morgan fingerprint density at radius 1 is 1.53 bits per heavy atom. The third kappa shape index (κ3) is 2.11. The predicted molar refractivity (Wildman–Crippen MR) is 79.5 cm³/mol. The Balaban J connectivity index is 2.14. The van der Waals surface area contributed by atoms with Crippen molar-refractivity contribution in [1.82, 2.24) is 9.55 Å². The van der Waals surface area contributed by atoms with Crippen molar-refractivity contribution >= 4 is 34.4 Å². The smallest absolute Gasteiger partial charge is 0.124 e. The molecule has 0 saturated heterocycles. The van der Waals surface area contributed by atoms with E-state index in [1.165, 1.54) is 12.8 Å². The van der Waals surface area contributed by atoms with Crippen LogP contribution in [0.3, 0.4) is 0 Å². The number of aromatic nitrogens is 2. The van der Waals surface area contributed by atoms with Gasteiger partial charge in [-0.25, -0.2) is 4.98 Å². The SMILES string of the molecule is CSC1(Cn2c(CCl)nc3c(C#N)cccc32)CC1. The van der Waals surface area contributed by atoms with Gasteiger partial charge in [0.1, 0.15) is 17.4 Å². The highest BCUT2D eigenvalue weighted by atomic mass is 35.5. The molecule has 2 aromatic rings. The first-order valence-corrected chi connectivity index (χ1v) is 7.98. The number of nitrogens with zero attached hydrogens (tertiary/aromatic N) is 3. The zero-order valence-electron chi connectivity index (χ0n) is 10.7. The molecule has 0 amide bonds. The summed E-state index contributed by atoms with van der Waals surface area (Å²) in [5.74, 6) is 1.24. The standard InChI is InChI=1S/C14H14ClN3S/c1-19-14(5-6-14)9-18-11-4-2-3-10(8-16)13(11)17-12(18)7-15/h2-4H,5-7,9H2,1H3. The van der Waals surface area contributed by atoms with Crippen molar-refractivity contribution in [3.63, 3.8) is 0 Å². The van der Waals surface area contributed by atoms with E-state index in [1.807, 2.05) is 23.9 Å². The summed E-state index contributed by atoms with van der Waals surface area (Å²) in [5, 5.41) is 9.16. The van der Waals surface area contributed by atoms with Gasteiger partial charge in [0.05, 0.1) is 17.0 Å². The Bertz CT molecular complexity index is 667. The van der Waals surface area contributed by atoms with Gasteiger partial charge in [-0.05, 0) is 31.2 Å². The Kier molecular flexibility index (Phi) is 3.20. The third-order valence-corrected chi connectivity index (χ3v) is 5.43. The van der Waals surface area contributed by atoms with Crippen molar-refractivity contribution < 1.29 is 0 Å². The van der Waals surface area contributed by atoms with Gasteiger partial charge >= 0.3 is 0 Å². The number of alkyl halides is 1. The maximum atomic E-state index is 9.16. The number of benzene rings is 1. The first-order valence-electron chi connectivity index (χ1n) is 6.22. The second kappa shape index (κ2) is 4.73. The van der Waals surface area contributed by atoms with Crippen molar-refractivity contribution in [1.29, 1.82) is 5.26 Å². The molecule has 0 unspecified atom stereocenters. The van der Waals surface area contributed by atoms with Crippen LogP contribution in [0.15, 0.2) is 18.2 Å². The highest BCUT2D eigenvalue weighted by molar-refractivity contribution is 8.00. The van der Waals surface area contributed by atoms with Gasteiger partial charge in [-0.3, -0.25) is 0 Å². The molecule has 0 atom stereocenters. The third-order valence-electron chi connectivity index (χ3n) is 3.78. The fraction of sp³-hybridized carbons (Fsp3) is 0.429. The first kappa shape index (κ1) is 12.8. The lowest BCUT2D eigenvalue weighted by Crippen LogP contribution is -2.15. The van der Waals surface area contributed by atoms with E-state index in [9.17, 15) is 0 Å². The molecule has 1 aliphatic carbocycles.